The number of nitrogens with zero attached hydrogens (tertiary/aromatic N) is 2. The lowest BCUT2D eigenvalue weighted by Crippen LogP contribution is -2.33. The molecule has 6 heteroatoms. The summed E-state index contributed by atoms with van der Waals surface area (Å²) in [6.07, 6.45) is 0. The first kappa shape index (κ1) is 16.3. The highest BCUT2D eigenvalue weighted by Crippen LogP contribution is 2.29. The fourth-order valence-electron chi connectivity index (χ4n) is 2.84. The summed E-state index contributed by atoms with van der Waals surface area (Å²) < 4.78 is 5.30. The van der Waals surface area contributed by atoms with Gasteiger partial charge in [-0.3, -0.25) is 14.6 Å². The van der Waals surface area contributed by atoms with Gasteiger partial charge in [0.1, 0.15) is 11.8 Å². The van der Waals surface area contributed by atoms with E-state index in [9.17, 15) is 9.59 Å². The van der Waals surface area contributed by atoms with Crippen molar-refractivity contribution in [2.24, 2.45) is 0 Å². The molecule has 1 aliphatic rings. The molecule has 0 bridgehead atoms. The third kappa shape index (κ3) is 2.83. The Hall–Kier alpha value is -2.53. The van der Waals surface area contributed by atoms with Crippen molar-refractivity contribution in [2.45, 2.75) is 19.5 Å². The summed E-state index contributed by atoms with van der Waals surface area (Å²) >= 11 is 6.03. The van der Waals surface area contributed by atoms with Gasteiger partial charge in [0.2, 0.25) is 0 Å². The summed E-state index contributed by atoms with van der Waals surface area (Å²) in [6.45, 7) is 1.84. The molecular formula is C18H17ClN2O3. The number of benzene rings is 2. The van der Waals surface area contributed by atoms with Gasteiger partial charge in [-0.2, -0.15) is 0 Å². The first-order valence-electron chi connectivity index (χ1n) is 7.55. The maximum absolute atomic E-state index is 12.8. The van der Waals surface area contributed by atoms with E-state index in [0.717, 1.165) is 0 Å². The van der Waals surface area contributed by atoms with Crippen molar-refractivity contribution in [2.75, 3.05) is 12.0 Å². The number of carbonyl (C=O) groups excluding carboxylic acids is 2. The van der Waals surface area contributed by atoms with Crippen LogP contribution >= 0.6 is 11.6 Å². The molecule has 2 aromatic carbocycles. The van der Waals surface area contributed by atoms with Crippen LogP contribution in [0.1, 0.15) is 12.5 Å². The quantitative estimate of drug-likeness (QED) is 0.794. The van der Waals surface area contributed by atoms with E-state index in [2.05, 4.69) is 0 Å². The lowest BCUT2D eigenvalue weighted by molar-refractivity contribution is -0.127. The minimum atomic E-state index is -0.551. The largest absolute Gasteiger partial charge is 0.496 e. The zero-order valence-electron chi connectivity index (χ0n) is 13.4. The predicted octanol–water partition coefficient (Wildman–Crippen LogP) is 3.71. The Morgan fingerprint density at radius 3 is 2.50 bits per heavy atom. The summed E-state index contributed by atoms with van der Waals surface area (Å²) in [5, 5.41) is 0.526. The zero-order valence-corrected chi connectivity index (χ0v) is 14.2. The van der Waals surface area contributed by atoms with E-state index in [1.807, 2.05) is 30.3 Å². The summed E-state index contributed by atoms with van der Waals surface area (Å²) in [5.74, 6) is 0.344. The van der Waals surface area contributed by atoms with E-state index >= 15 is 0 Å². The van der Waals surface area contributed by atoms with Crippen LogP contribution in [0.2, 0.25) is 5.02 Å². The van der Waals surface area contributed by atoms with Crippen molar-refractivity contribution >= 4 is 29.2 Å². The molecule has 0 spiro atoms. The number of hydrogen-bond acceptors (Lipinski definition) is 3. The fraction of sp³-hybridized carbons (Fsp3) is 0.222. The molecule has 1 unspecified atom stereocenters. The second-order valence-corrected chi connectivity index (χ2v) is 5.98. The van der Waals surface area contributed by atoms with Crippen molar-refractivity contribution in [3.63, 3.8) is 0 Å². The number of methoxy groups -OCH3 is 1. The molecule has 0 radical (unpaired) electrons. The molecular weight excluding hydrogens is 328 g/mol. The maximum atomic E-state index is 12.8. The first-order chi connectivity index (χ1) is 11.5. The first-order valence-corrected chi connectivity index (χ1v) is 7.92. The number of anilines is 1. The van der Waals surface area contributed by atoms with Gasteiger partial charge in [-0.15, -0.1) is 0 Å². The number of hydrogen-bond donors (Lipinski definition) is 0. The molecule has 2 aromatic rings. The molecule has 0 saturated carbocycles. The molecule has 0 aromatic heterocycles. The number of para-hydroxylation sites is 1. The third-order valence-electron chi connectivity index (χ3n) is 4.05. The predicted molar refractivity (Wildman–Crippen MR) is 92.3 cm³/mol. The maximum Gasteiger partial charge on any atom is 0.332 e. The Morgan fingerprint density at radius 2 is 1.83 bits per heavy atom. The van der Waals surface area contributed by atoms with Gasteiger partial charge < -0.3 is 4.74 Å². The van der Waals surface area contributed by atoms with E-state index < -0.39 is 6.04 Å². The molecule has 1 atom stereocenters. The lowest BCUT2D eigenvalue weighted by Gasteiger charge is -2.19. The van der Waals surface area contributed by atoms with Gasteiger partial charge >= 0.3 is 6.03 Å². The average molecular weight is 345 g/mol. The van der Waals surface area contributed by atoms with Crippen LogP contribution in [0.15, 0.2) is 48.5 Å². The van der Waals surface area contributed by atoms with E-state index in [0.29, 0.717) is 22.0 Å². The average Bonchev–Trinajstić information content (AvgIpc) is 2.79. The minimum absolute atomic E-state index is 0.120. The highest BCUT2D eigenvalue weighted by molar-refractivity contribution is 6.30. The van der Waals surface area contributed by atoms with Gasteiger partial charge in [0, 0.05) is 16.3 Å². The highest BCUT2D eigenvalue weighted by atomic mass is 35.5. The number of amides is 3. The van der Waals surface area contributed by atoms with Crippen LogP contribution in [0.25, 0.3) is 0 Å². The van der Waals surface area contributed by atoms with Crippen LogP contribution in [-0.4, -0.2) is 30.0 Å². The van der Waals surface area contributed by atoms with E-state index in [4.69, 9.17) is 16.3 Å². The van der Waals surface area contributed by atoms with E-state index in [1.165, 1.54) is 9.80 Å². The number of rotatable bonds is 4. The Morgan fingerprint density at radius 1 is 1.12 bits per heavy atom. The van der Waals surface area contributed by atoms with E-state index in [1.54, 1.807) is 32.2 Å². The number of halogens is 1. The van der Waals surface area contributed by atoms with Gasteiger partial charge in [0.05, 0.1) is 13.7 Å². The number of carbonyl (C=O) groups is 2. The number of imide groups is 1. The smallest absolute Gasteiger partial charge is 0.332 e. The van der Waals surface area contributed by atoms with Crippen molar-refractivity contribution in [1.82, 2.24) is 4.90 Å². The van der Waals surface area contributed by atoms with Crippen LogP contribution in [0, 0.1) is 0 Å². The molecule has 1 heterocycles. The topological polar surface area (TPSA) is 49.9 Å². The Labute approximate surface area is 145 Å². The van der Waals surface area contributed by atoms with Crippen LogP contribution in [-0.2, 0) is 11.3 Å². The van der Waals surface area contributed by atoms with Gasteiger partial charge in [-0.25, -0.2) is 4.79 Å². The van der Waals surface area contributed by atoms with Gasteiger partial charge in [0.15, 0.2) is 0 Å². The molecule has 124 valence electrons. The number of urea groups is 1. The second-order valence-electron chi connectivity index (χ2n) is 5.54. The Balaban J connectivity index is 1.91. The zero-order chi connectivity index (χ0) is 17.3. The lowest BCUT2D eigenvalue weighted by atomic mass is 10.2. The molecule has 5 nitrogen and oxygen atoms in total. The fourth-order valence-corrected chi connectivity index (χ4v) is 3.03. The van der Waals surface area contributed by atoms with Gasteiger partial charge in [-0.05, 0) is 37.3 Å². The van der Waals surface area contributed by atoms with Crippen molar-refractivity contribution < 1.29 is 14.3 Å². The number of ether oxygens (including phenoxy) is 1. The molecule has 1 fully saturated rings. The minimum Gasteiger partial charge on any atom is -0.496 e. The van der Waals surface area contributed by atoms with Crippen LogP contribution < -0.4 is 9.64 Å². The SMILES string of the molecule is COc1ccc(Cl)cc1CN1C(=O)C(C)N(c2ccccc2)C1=O. The second kappa shape index (κ2) is 6.53. The molecule has 1 saturated heterocycles. The molecule has 0 aliphatic carbocycles. The summed E-state index contributed by atoms with van der Waals surface area (Å²) in [4.78, 5) is 28.1. The standard InChI is InChI=1S/C18H17ClN2O3/c1-12-17(22)20(11-13-10-14(19)8-9-16(13)24-2)18(23)21(12)15-6-4-3-5-7-15/h3-10,12H,11H2,1-2H3. The van der Waals surface area contributed by atoms with E-state index in [-0.39, 0.29) is 18.5 Å². The Bertz CT molecular complexity index is 779. The van der Waals surface area contributed by atoms with Gasteiger partial charge in [-0.1, -0.05) is 29.8 Å². The van der Waals surface area contributed by atoms with Crippen molar-refractivity contribution in [3.05, 3.63) is 59.1 Å². The molecule has 0 N–H and O–H groups in total. The highest BCUT2D eigenvalue weighted by Gasteiger charge is 2.43. The Kier molecular flexibility index (Phi) is 4.44. The van der Waals surface area contributed by atoms with Crippen molar-refractivity contribution in [1.29, 1.82) is 0 Å². The third-order valence-corrected chi connectivity index (χ3v) is 4.29. The summed E-state index contributed by atoms with van der Waals surface area (Å²) in [6, 6.07) is 13.4. The van der Waals surface area contributed by atoms with Crippen LogP contribution in [0.3, 0.4) is 0 Å². The molecule has 1 aliphatic heterocycles. The van der Waals surface area contributed by atoms with Gasteiger partial charge in [0.25, 0.3) is 5.91 Å². The normalized spacial score (nSPS) is 17.5. The van der Waals surface area contributed by atoms with Crippen molar-refractivity contribution in [3.8, 4) is 5.75 Å². The summed E-state index contributed by atoms with van der Waals surface area (Å²) in [5.41, 5.74) is 1.39. The monoisotopic (exact) mass is 344 g/mol. The molecule has 3 amide bonds. The van der Waals surface area contributed by atoms with Crippen LogP contribution in [0.5, 0.6) is 5.75 Å². The van der Waals surface area contributed by atoms with Crippen LogP contribution in [0.4, 0.5) is 10.5 Å². The molecule has 24 heavy (non-hydrogen) atoms. The summed E-state index contributed by atoms with van der Waals surface area (Å²) in [7, 11) is 1.54. The molecule has 3 rings (SSSR count).